The molecule has 7 rings (SSSR count). The summed E-state index contributed by atoms with van der Waals surface area (Å²) in [5.74, 6) is -7.45. The van der Waals surface area contributed by atoms with Crippen LogP contribution in [-0.4, -0.2) is 215 Å². The zero-order valence-corrected chi connectivity index (χ0v) is 55.6. The van der Waals surface area contributed by atoms with Crippen molar-refractivity contribution in [3.05, 3.63) is 69.7 Å². The average Bonchev–Trinajstić information content (AvgIpc) is 1.52. The van der Waals surface area contributed by atoms with Gasteiger partial charge in [-0.3, -0.25) is 52.7 Å². The molecule has 4 N–H and O–H groups in total. The van der Waals surface area contributed by atoms with E-state index in [9.17, 15) is 56.3 Å². The van der Waals surface area contributed by atoms with Crippen molar-refractivity contribution in [1.82, 2.24) is 55.6 Å². The predicted molar refractivity (Wildman–Crippen MR) is 337 cm³/mol. The van der Waals surface area contributed by atoms with Gasteiger partial charge in [0.2, 0.25) is 65.0 Å². The number of nitrogens with zero attached hydrogens (tertiary/aromatic N) is 7. The molecule has 0 aromatic heterocycles. The van der Waals surface area contributed by atoms with E-state index in [1.165, 1.54) is 77.6 Å². The van der Waals surface area contributed by atoms with E-state index < -0.39 is 155 Å². The molecule has 2 aromatic carbocycles. The lowest BCUT2D eigenvalue weighted by Crippen LogP contribution is -2.64. The van der Waals surface area contributed by atoms with Crippen LogP contribution in [0.2, 0.25) is 5.02 Å². The van der Waals surface area contributed by atoms with Crippen molar-refractivity contribution in [3.63, 3.8) is 0 Å². The molecule has 11 amide bonds. The minimum absolute atomic E-state index is 0.0234. The minimum Gasteiger partial charge on any atom is -0.351 e. The second-order valence-corrected chi connectivity index (χ2v) is 26.7. The fourth-order valence-electron chi connectivity index (χ4n) is 13.7. The number of halogens is 4. The lowest BCUT2D eigenvalue weighted by atomic mass is 9.90. The fraction of sp³-hybridized carbons (Fsp3) is 0.652. The number of carbonyl (C=O) groups is 11. The predicted octanol–water partition coefficient (Wildman–Crippen LogP) is 4.79. The number of alkyl halides is 3. The van der Waals surface area contributed by atoms with E-state index in [1.807, 2.05) is 26.0 Å². The highest BCUT2D eigenvalue weighted by Crippen LogP contribution is 2.38. The summed E-state index contributed by atoms with van der Waals surface area (Å²) in [5, 5.41) is 11.0. The summed E-state index contributed by atoms with van der Waals surface area (Å²) < 4.78 is 41.4. The Kier molecular flexibility index (Phi) is 24.4. The molecule has 3 aliphatic heterocycles. The summed E-state index contributed by atoms with van der Waals surface area (Å²) in [7, 11) is 7.17. The van der Waals surface area contributed by atoms with E-state index in [1.54, 1.807) is 26.0 Å². The van der Waals surface area contributed by atoms with E-state index >= 15 is 9.59 Å². The van der Waals surface area contributed by atoms with Crippen LogP contribution in [0, 0.1) is 18.8 Å². The van der Waals surface area contributed by atoms with Gasteiger partial charge in [-0.1, -0.05) is 93.4 Å². The molecule has 2 saturated carbocycles. The van der Waals surface area contributed by atoms with E-state index in [0.717, 1.165) is 35.4 Å². The third kappa shape index (κ3) is 17.1. The topological polar surface area (TPSA) is 259 Å². The summed E-state index contributed by atoms with van der Waals surface area (Å²) in [4.78, 5) is 169. The number of benzene rings is 2. The van der Waals surface area contributed by atoms with Crippen molar-refractivity contribution >= 4 is 76.6 Å². The van der Waals surface area contributed by atoms with Gasteiger partial charge in [0.15, 0.2) is 0 Å². The molecular formula is C66H93ClF3N11O11. The Hall–Kier alpha value is -7.31. The average molecular weight is 1310 g/mol. The van der Waals surface area contributed by atoms with E-state index in [2.05, 4.69) is 21.3 Å². The summed E-state index contributed by atoms with van der Waals surface area (Å²) in [6.45, 7) is 7.72. The number of aryl methyl sites for hydroxylation is 2. The zero-order chi connectivity index (χ0) is 67.7. The quantitative estimate of drug-likeness (QED) is 0.280. The van der Waals surface area contributed by atoms with Gasteiger partial charge in [0.1, 0.15) is 47.8 Å². The monoisotopic (exact) mass is 1310 g/mol. The first kappa shape index (κ1) is 72.1. The van der Waals surface area contributed by atoms with Gasteiger partial charge in [0, 0.05) is 67.2 Å². The van der Waals surface area contributed by atoms with Crippen LogP contribution in [0.1, 0.15) is 146 Å². The first-order chi connectivity index (χ1) is 43.4. The molecule has 22 nitrogen and oxygen atoms in total. The van der Waals surface area contributed by atoms with Crippen LogP contribution in [0.25, 0.3) is 0 Å². The second-order valence-electron chi connectivity index (χ2n) is 26.3. The van der Waals surface area contributed by atoms with Crippen molar-refractivity contribution < 1.29 is 65.9 Å². The Labute approximate surface area is 542 Å². The van der Waals surface area contributed by atoms with Crippen LogP contribution in [0.3, 0.4) is 0 Å². The van der Waals surface area contributed by atoms with Crippen LogP contribution >= 0.6 is 11.6 Å². The maximum Gasteiger partial charge on any atom is 0.417 e. The number of hydrogen-bond donors (Lipinski definition) is 4. The van der Waals surface area contributed by atoms with Gasteiger partial charge in [0.05, 0.1) is 23.7 Å². The Balaban J connectivity index is 1.24. The molecule has 9 atom stereocenters. The van der Waals surface area contributed by atoms with E-state index in [4.69, 9.17) is 11.6 Å². The number of carbonyl (C=O) groups excluding carboxylic acids is 11. The molecule has 0 radical (unpaired) electrons. The van der Waals surface area contributed by atoms with Gasteiger partial charge in [0.25, 0.3) is 0 Å². The maximum atomic E-state index is 15.2. The molecule has 26 heteroatoms. The summed E-state index contributed by atoms with van der Waals surface area (Å²) >= 11 is 6.13. The molecule has 5 aliphatic rings. The number of hydrogen-bond acceptors (Lipinski definition) is 11. The third-order valence-electron chi connectivity index (χ3n) is 19.6. The lowest BCUT2D eigenvalue weighted by Gasteiger charge is -2.40. The third-order valence-corrected chi connectivity index (χ3v) is 19.9. The summed E-state index contributed by atoms with van der Waals surface area (Å²) in [6.07, 6.45) is 0.752. The Morgan fingerprint density at radius 3 is 1.87 bits per heavy atom. The number of fused-ring (bicyclic) bond motifs is 2. The maximum absolute atomic E-state index is 15.2. The largest absolute Gasteiger partial charge is 0.417 e. The van der Waals surface area contributed by atoms with Crippen molar-refractivity contribution in [1.29, 1.82) is 0 Å². The van der Waals surface area contributed by atoms with Crippen LogP contribution in [0.15, 0.2) is 42.5 Å². The highest BCUT2D eigenvalue weighted by Gasteiger charge is 2.51. The number of likely N-dealkylation sites (N-methyl/N-ethyl adjacent to an activating group) is 5. The van der Waals surface area contributed by atoms with Crippen LogP contribution in [-0.2, 0) is 71.8 Å². The second kappa shape index (κ2) is 31.1. The van der Waals surface area contributed by atoms with E-state index in [0.29, 0.717) is 56.1 Å². The van der Waals surface area contributed by atoms with Crippen LogP contribution in [0.4, 0.5) is 13.2 Å². The standard InChI is InChI=1S/C66H93ClF3N11O11/c1-11-40(3)55-63(91)76(7)38-54(84)80-32-17-21-50(80)62(90)78(9)51(36-44-24-22-39(2)23-25-44)61(89)75(6)37-52(82)72-48(29-27-43-26-28-46(47(67)35-43)66(68,69)70)60(88)81-33-16-20-49(81)58(86)74-65(30-14-15-31-65)64(92)79(10)56(45-18-12-13-19-45)59(87)71-41(4)34-53(83)77(8)42(5)57(85)73-55/h22-26,28,35,40-42,45,48-51,55-56H,11-21,27,29-34,36-38H2,1-10H3,(H,71,87)(H,72,82)(H,73,85)(H,74,86)/t40-,41+,42-,48-,49-,50-,51-,55-,56-/m0/s1. The molecule has 0 unspecified atom stereocenters. The summed E-state index contributed by atoms with van der Waals surface area (Å²) in [6, 6.07) is 1.55. The molecule has 2 aliphatic carbocycles. The number of rotatable bonds is 8. The van der Waals surface area contributed by atoms with Gasteiger partial charge in [-0.15, -0.1) is 0 Å². The molecule has 0 bridgehead atoms. The highest BCUT2D eigenvalue weighted by molar-refractivity contribution is 6.31. The molecule has 3 heterocycles. The smallest absolute Gasteiger partial charge is 0.351 e. The number of nitrogens with one attached hydrogen (secondary N) is 4. The van der Waals surface area contributed by atoms with Gasteiger partial charge in [-0.25, -0.2) is 0 Å². The Morgan fingerprint density at radius 2 is 1.25 bits per heavy atom. The van der Waals surface area contributed by atoms with Gasteiger partial charge >= 0.3 is 6.18 Å². The van der Waals surface area contributed by atoms with Crippen molar-refractivity contribution in [2.75, 3.05) is 61.4 Å². The van der Waals surface area contributed by atoms with Crippen molar-refractivity contribution in [2.45, 2.75) is 204 Å². The van der Waals surface area contributed by atoms with Crippen molar-refractivity contribution in [2.24, 2.45) is 11.8 Å². The molecule has 1 spiro atoms. The fourth-order valence-corrected chi connectivity index (χ4v) is 14.0. The van der Waals surface area contributed by atoms with Gasteiger partial charge in [-0.05, 0) is 120 Å². The molecule has 5 fully saturated rings. The summed E-state index contributed by atoms with van der Waals surface area (Å²) in [5.41, 5.74) is -0.652. The number of amides is 11. The first-order valence-electron chi connectivity index (χ1n) is 32.4. The Morgan fingerprint density at radius 1 is 0.641 bits per heavy atom. The van der Waals surface area contributed by atoms with Crippen LogP contribution < -0.4 is 21.3 Å². The minimum atomic E-state index is -4.75. The van der Waals surface area contributed by atoms with Gasteiger partial charge < -0.3 is 55.6 Å². The molecular weight excluding hydrogens is 1220 g/mol. The normalized spacial score (nSPS) is 27.1. The lowest BCUT2D eigenvalue weighted by molar-refractivity contribution is -0.151. The van der Waals surface area contributed by atoms with Gasteiger partial charge in [-0.2, -0.15) is 13.2 Å². The van der Waals surface area contributed by atoms with E-state index in [-0.39, 0.29) is 70.4 Å². The Bertz CT molecular complexity index is 3070. The molecule has 3 saturated heterocycles. The molecule has 506 valence electrons. The molecule has 2 aromatic rings. The zero-order valence-electron chi connectivity index (χ0n) is 54.8. The SMILES string of the molecule is CC[C@H](C)[C@@H]1NC(=O)[C@H](C)N(C)C(=O)C[C@@H](C)NC(=O)[C@H](C2CCCC2)N(C)C(=O)C2(CCCC2)NC(=O)[C@@H]2CCCN2C(=O)[C@H](CCc2ccc(C(F)(F)F)c(Cl)c2)NC(=O)CN(C)C(=O)[C@H](Cc2ccc(C)cc2)N(C)C(=O)[C@@H]2CCCN2C(=O)CN(C)C1=O. The highest BCUT2D eigenvalue weighted by atomic mass is 35.5. The van der Waals surface area contributed by atoms with Crippen LogP contribution in [0.5, 0.6) is 0 Å². The molecule has 92 heavy (non-hydrogen) atoms. The first-order valence-corrected chi connectivity index (χ1v) is 32.8. The van der Waals surface area contributed by atoms with Crippen molar-refractivity contribution in [3.8, 4) is 0 Å².